The zero-order valence-corrected chi connectivity index (χ0v) is 14.4. The molecule has 126 valence electrons. The number of H-pyrrole nitrogens is 1. The van der Waals surface area contributed by atoms with Crippen LogP contribution in [0, 0.1) is 4.64 Å². The van der Waals surface area contributed by atoms with Crippen LogP contribution in [0.3, 0.4) is 0 Å². The molecule has 2 aromatic carbocycles. The zero-order chi connectivity index (χ0) is 17.5. The number of nitrogens with one attached hydrogen (secondary N) is 2. The maximum absolute atomic E-state index is 12.2. The number of carbonyl (C=O) groups is 1. The fraction of sp³-hybridized carbons (Fsp3) is 0.100. The Bertz CT molecular complexity index is 907. The second kappa shape index (κ2) is 8.26. The van der Waals surface area contributed by atoms with Crippen molar-refractivity contribution in [3.05, 3.63) is 94.3 Å². The lowest BCUT2D eigenvalue weighted by atomic mass is 10.1. The average molecular weight is 350 g/mol. The van der Waals surface area contributed by atoms with Gasteiger partial charge in [0.05, 0.1) is 5.56 Å². The van der Waals surface area contributed by atoms with Gasteiger partial charge < -0.3 is 15.0 Å². The van der Waals surface area contributed by atoms with Crippen LogP contribution in [0.5, 0.6) is 5.75 Å². The third-order valence-corrected chi connectivity index (χ3v) is 3.99. The van der Waals surface area contributed by atoms with Gasteiger partial charge in [-0.1, -0.05) is 54.7 Å². The molecule has 4 nitrogen and oxygen atoms in total. The van der Waals surface area contributed by atoms with Gasteiger partial charge in [-0.2, -0.15) is 0 Å². The average Bonchev–Trinajstić information content (AvgIpc) is 2.66. The first kappa shape index (κ1) is 16.9. The molecule has 0 aliphatic heterocycles. The van der Waals surface area contributed by atoms with E-state index in [1.807, 2.05) is 54.6 Å². The van der Waals surface area contributed by atoms with Crippen LogP contribution >= 0.6 is 12.2 Å². The molecule has 1 amide bonds. The van der Waals surface area contributed by atoms with Crippen LogP contribution < -0.4 is 10.1 Å². The Balaban J connectivity index is 1.59. The van der Waals surface area contributed by atoms with Crippen LogP contribution in [0.4, 0.5) is 0 Å². The summed E-state index contributed by atoms with van der Waals surface area (Å²) in [6.45, 7) is 0.914. The summed E-state index contributed by atoms with van der Waals surface area (Å²) in [6, 6.07) is 21.1. The molecule has 0 aliphatic rings. The molecule has 3 rings (SSSR count). The first-order valence-electron chi connectivity index (χ1n) is 7.94. The standard InChI is InChI=1S/C20H18N2O2S/c23-19(18-10-5-11-21-20(18)25)22-13-15-6-4-7-16(12-15)14-24-17-8-2-1-3-9-17/h1-12H,13-14H2,(H,21,25)(H,22,23). The number of aromatic nitrogens is 1. The molecule has 0 fully saturated rings. The predicted octanol–water partition coefficient (Wildman–Crippen LogP) is 4.25. The van der Waals surface area contributed by atoms with Crippen molar-refractivity contribution in [1.82, 2.24) is 10.3 Å². The third kappa shape index (κ3) is 4.78. The van der Waals surface area contributed by atoms with E-state index < -0.39 is 0 Å². The highest BCUT2D eigenvalue weighted by atomic mass is 32.1. The summed E-state index contributed by atoms with van der Waals surface area (Å²) in [7, 11) is 0. The van der Waals surface area contributed by atoms with Gasteiger partial charge in [-0.15, -0.1) is 0 Å². The van der Waals surface area contributed by atoms with E-state index in [2.05, 4.69) is 10.3 Å². The van der Waals surface area contributed by atoms with Crippen molar-refractivity contribution < 1.29 is 9.53 Å². The third-order valence-electron chi connectivity index (χ3n) is 3.66. The topological polar surface area (TPSA) is 54.1 Å². The molecule has 0 bridgehead atoms. The molecule has 0 unspecified atom stereocenters. The van der Waals surface area contributed by atoms with E-state index in [4.69, 9.17) is 17.0 Å². The Morgan fingerprint density at radius 3 is 2.60 bits per heavy atom. The lowest BCUT2D eigenvalue weighted by molar-refractivity contribution is 0.0950. The fourth-order valence-corrected chi connectivity index (χ4v) is 2.62. The maximum Gasteiger partial charge on any atom is 0.254 e. The Labute approximate surface area is 151 Å². The Morgan fingerprint density at radius 2 is 1.80 bits per heavy atom. The summed E-state index contributed by atoms with van der Waals surface area (Å²) in [5.41, 5.74) is 2.53. The number of para-hydroxylation sites is 1. The van der Waals surface area contributed by atoms with Crippen molar-refractivity contribution in [1.29, 1.82) is 0 Å². The van der Waals surface area contributed by atoms with Gasteiger partial charge in [0.15, 0.2) is 0 Å². The number of carbonyl (C=O) groups excluding carboxylic acids is 1. The summed E-state index contributed by atoms with van der Waals surface area (Å²) < 4.78 is 6.19. The molecule has 3 aromatic rings. The molecule has 0 saturated carbocycles. The minimum atomic E-state index is -0.187. The van der Waals surface area contributed by atoms with Gasteiger partial charge in [0.25, 0.3) is 5.91 Å². The van der Waals surface area contributed by atoms with E-state index in [0.717, 1.165) is 16.9 Å². The van der Waals surface area contributed by atoms with Crippen molar-refractivity contribution in [2.75, 3.05) is 0 Å². The summed E-state index contributed by atoms with van der Waals surface area (Å²) in [6.07, 6.45) is 1.70. The van der Waals surface area contributed by atoms with Crippen LogP contribution in [0.1, 0.15) is 21.5 Å². The molecule has 5 heteroatoms. The number of rotatable bonds is 6. The molecule has 1 aromatic heterocycles. The largest absolute Gasteiger partial charge is 0.489 e. The number of ether oxygens (including phenoxy) is 1. The molecular weight excluding hydrogens is 332 g/mol. The number of pyridine rings is 1. The second-order valence-corrected chi connectivity index (χ2v) is 5.93. The van der Waals surface area contributed by atoms with E-state index in [0.29, 0.717) is 23.4 Å². The van der Waals surface area contributed by atoms with Gasteiger partial charge in [-0.05, 0) is 35.4 Å². The van der Waals surface area contributed by atoms with Crippen LogP contribution in [0.25, 0.3) is 0 Å². The predicted molar refractivity (Wildman–Crippen MR) is 100 cm³/mol. The normalized spacial score (nSPS) is 10.2. The second-order valence-electron chi connectivity index (χ2n) is 5.52. The number of hydrogen-bond donors (Lipinski definition) is 2. The maximum atomic E-state index is 12.2. The Morgan fingerprint density at radius 1 is 1.00 bits per heavy atom. The number of benzene rings is 2. The van der Waals surface area contributed by atoms with E-state index in [-0.39, 0.29) is 5.91 Å². The quantitative estimate of drug-likeness (QED) is 0.653. The minimum absolute atomic E-state index is 0.187. The molecule has 0 atom stereocenters. The van der Waals surface area contributed by atoms with Crippen LogP contribution in [-0.2, 0) is 13.2 Å². The molecule has 25 heavy (non-hydrogen) atoms. The number of hydrogen-bond acceptors (Lipinski definition) is 3. The SMILES string of the molecule is O=C(NCc1cccc(COc2ccccc2)c1)c1ccc[nH]c1=S. The highest BCUT2D eigenvalue weighted by Gasteiger charge is 2.07. The summed E-state index contributed by atoms with van der Waals surface area (Å²) >= 11 is 5.13. The van der Waals surface area contributed by atoms with Gasteiger partial charge in [0.2, 0.25) is 0 Å². The Hall–Kier alpha value is -2.92. The summed E-state index contributed by atoms with van der Waals surface area (Å²) in [5.74, 6) is 0.646. The van der Waals surface area contributed by atoms with E-state index >= 15 is 0 Å². The van der Waals surface area contributed by atoms with Crippen molar-refractivity contribution in [3.8, 4) is 5.75 Å². The van der Waals surface area contributed by atoms with Crippen molar-refractivity contribution in [2.24, 2.45) is 0 Å². The number of aromatic amines is 1. The minimum Gasteiger partial charge on any atom is -0.489 e. The van der Waals surface area contributed by atoms with Gasteiger partial charge in [0.1, 0.15) is 17.0 Å². The van der Waals surface area contributed by atoms with Crippen molar-refractivity contribution >= 4 is 18.1 Å². The van der Waals surface area contributed by atoms with E-state index in [1.165, 1.54) is 0 Å². The first-order chi connectivity index (χ1) is 12.2. The van der Waals surface area contributed by atoms with E-state index in [1.54, 1.807) is 18.3 Å². The monoisotopic (exact) mass is 350 g/mol. The molecular formula is C20H18N2O2S. The van der Waals surface area contributed by atoms with Crippen molar-refractivity contribution in [3.63, 3.8) is 0 Å². The highest BCUT2D eigenvalue weighted by Crippen LogP contribution is 2.13. The highest BCUT2D eigenvalue weighted by molar-refractivity contribution is 7.71. The Kier molecular flexibility index (Phi) is 5.59. The fourth-order valence-electron chi connectivity index (χ4n) is 2.39. The van der Waals surface area contributed by atoms with Crippen molar-refractivity contribution in [2.45, 2.75) is 13.2 Å². The van der Waals surface area contributed by atoms with E-state index in [9.17, 15) is 4.79 Å². The molecule has 2 N–H and O–H groups in total. The molecule has 0 spiro atoms. The summed E-state index contributed by atoms with van der Waals surface area (Å²) in [5, 5.41) is 2.89. The lowest BCUT2D eigenvalue weighted by Gasteiger charge is -2.09. The lowest BCUT2D eigenvalue weighted by Crippen LogP contribution is -2.23. The van der Waals surface area contributed by atoms with Crippen LogP contribution in [0.15, 0.2) is 72.9 Å². The van der Waals surface area contributed by atoms with Crippen LogP contribution in [0.2, 0.25) is 0 Å². The number of amides is 1. The smallest absolute Gasteiger partial charge is 0.254 e. The van der Waals surface area contributed by atoms with Gasteiger partial charge in [-0.25, -0.2) is 0 Å². The zero-order valence-electron chi connectivity index (χ0n) is 13.6. The summed E-state index contributed by atoms with van der Waals surface area (Å²) in [4.78, 5) is 15.1. The molecule has 1 heterocycles. The first-order valence-corrected chi connectivity index (χ1v) is 8.35. The molecule has 0 saturated heterocycles. The molecule has 0 radical (unpaired) electrons. The van der Waals surface area contributed by atoms with Gasteiger partial charge in [-0.3, -0.25) is 4.79 Å². The van der Waals surface area contributed by atoms with Gasteiger partial charge >= 0.3 is 0 Å². The van der Waals surface area contributed by atoms with Gasteiger partial charge in [0, 0.05) is 12.7 Å². The molecule has 0 aliphatic carbocycles. The van der Waals surface area contributed by atoms with Crippen LogP contribution in [-0.4, -0.2) is 10.9 Å².